The minimum atomic E-state index is -1.03. The second-order valence-corrected chi connectivity index (χ2v) is 7.91. The lowest BCUT2D eigenvalue weighted by Gasteiger charge is -2.17. The zero-order valence-electron chi connectivity index (χ0n) is 18.1. The monoisotopic (exact) mass is 444 g/mol. The van der Waals surface area contributed by atoms with E-state index in [-0.39, 0.29) is 24.6 Å². The highest BCUT2D eigenvalue weighted by Gasteiger charge is 2.29. The van der Waals surface area contributed by atoms with E-state index in [1.54, 1.807) is 19.1 Å². The first-order valence-electron chi connectivity index (χ1n) is 10.7. The molecule has 0 aliphatic heterocycles. The van der Waals surface area contributed by atoms with Gasteiger partial charge >= 0.3 is 12.1 Å². The number of nitrogens with one attached hydrogen (secondary N) is 2. The third-order valence-corrected chi connectivity index (χ3v) is 5.71. The molecule has 7 heteroatoms. The van der Waals surface area contributed by atoms with Crippen LogP contribution in [0.3, 0.4) is 0 Å². The number of amides is 2. The Hall–Kier alpha value is -4.13. The highest BCUT2D eigenvalue weighted by Crippen LogP contribution is 2.44. The van der Waals surface area contributed by atoms with Gasteiger partial charge in [-0.1, -0.05) is 60.7 Å². The lowest BCUT2D eigenvalue weighted by Crippen LogP contribution is -2.45. The number of rotatable bonds is 7. The molecule has 3 aromatic rings. The van der Waals surface area contributed by atoms with E-state index in [2.05, 4.69) is 22.8 Å². The van der Waals surface area contributed by atoms with Crippen molar-refractivity contribution in [3.63, 3.8) is 0 Å². The number of hydrogen-bond acceptors (Lipinski definition) is 4. The van der Waals surface area contributed by atoms with Crippen molar-refractivity contribution >= 4 is 18.0 Å². The van der Waals surface area contributed by atoms with Crippen molar-refractivity contribution in [2.45, 2.75) is 25.4 Å². The standard InChI is InChI=1S/C26H24N2O5/c1-16(24(29)27-14-17-7-6-8-18(13-17)25(30)31)28-26(32)33-15-23-21-11-4-2-9-19(21)20-10-3-5-12-22(20)23/h2-13,16,23H,14-15H2,1H3,(H,27,29)(H,28,32)(H,30,31)/t16-/m1/s1. The second kappa shape index (κ2) is 9.56. The van der Waals surface area contributed by atoms with Crippen LogP contribution in [0.25, 0.3) is 11.1 Å². The van der Waals surface area contributed by atoms with Gasteiger partial charge in [0.05, 0.1) is 5.56 Å². The summed E-state index contributed by atoms with van der Waals surface area (Å²) in [4.78, 5) is 35.8. The molecule has 3 N–H and O–H groups in total. The highest BCUT2D eigenvalue weighted by molar-refractivity contribution is 5.88. The summed E-state index contributed by atoms with van der Waals surface area (Å²) in [5.41, 5.74) is 5.30. The zero-order chi connectivity index (χ0) is 23.4. The van der Waals surface area contributed by atoms with Gasteiger partial charge in [-0.05, 0) is 46.9 Å². The van der Waals surface area contributed by atoms with Crippen LogP contribution in [0.4, 0.5) is 4.79 Å². The van der Waals surface area contributed by atoms with E-state index in [0.29, 0.717) is 5.56 Å². The molecule has 1 atom stereocenters. The van der Waals surface area contributed by atoms with Gasteiger partial charge in [-0.3, -0.25) is 4.79 Å². The Morgan fingerprint density at radius 1 is 0.939 bits per heavy atom. The molecule has 0 saturated carbocycles. The van der Waals surface area contributed by atoms with E-state index in [9.17, 15) is 14.4 Å². The summed E-state index contributed by atoms with van der Waals surface area (Å²) in [6, 6.07) is 21.6. The molecule has 3 aromatic carbocycles. The summed E-state index contributed by atoms with van der Waals surface area (Å²) in [7, 11) is 0. The third-order valence-electron chi connectivity index (χ3n) is 5.71. The van der Waals surface area contributed by atoms with E-state index in [0.717, 1.165) is 22.3 Å². The Balaban J connectivity index is 1.30. The van der Waals surface area contributed by atoms with Gasteiger partial charge in [-0.25, -0.2) is 9.59 Å². The third kappa shape index (κ3) is 4.87. The van der Waals surface area contributed by atoms with Crippen LogP contribution in [0, 0.1) is 0 Å². The van der Waals surface area contributed by atoms with Gasteiger partial charge in [0.25, 0.3) is 0 Å². The average Bonchev–Trinajstić information content (AvgIpc) is 3.15. The maximum absolute atomic E-state index is 12.4. The number of carbonyl (C=O) groups is 3. The van der Waals surface area contributed by atoms with Crippen LogP contribution in [0.5, 0.6) is 0 Å². The predicted molar refractivity (Wildman–Crippen MR) is 123 cm³/mol. The van der Waals surface area contributed by atoms with Gasteiger partial charge in [0.2, 0.25) is 5.91 Å². The molecule has 1 aliphatic carbocycles. The number of fused-ring (bicyclic) bond motifs is 3. The number of carbonyl (C=O) groups excluding carboxylic acids is 2. The molecule has 33 heavy (non-hydrogen) atoms. The number of alkyl carbamates (subject to hydrolysis) is 1. The maximum Gasteiger partial charge on any atom is 0.407 e. The van der Waals surface area contributed by atoms with Crippen molar-refractivity contribution in [3.05, 3.63) is 95.1 Å². The van der Waals surface area contributed by atoms with Gasteiger partial charge < -0.3 is 20.5 Å². The van der Waals surface area contributed by atoms with Gasteiger partial charge in [-0.15, -0.1) is 0 Å². The van der Waals surface area contributed by atoms with Crippen molar-refractivity contribution in [3.8, 4) is 11.1 Å². The van der Waals surface area contributed by atoms with E-state index in [4.69, 9.17) is 9.84 Å². The predicted octanol–water partition coefficient (Wildman–Crippen LogP) is 3.93. The quantitative estimate of drug-likeness (QED) is 0.512. The molecule has 0 aromatic heterocycles. The molecule has 0 fully saturated rings. The Labute approximate surface area is 191 Å². The largest absolute Gasteiger partial charge is 0.478 e. The van der Waals surface area contributed by atoms with Crippen LogP contribution in [0.1, 0.15) is 39.9 Å². The summed E-state index contributed by atoms with van der Waals surface area (Å²) in [6.07, 6.45) is -0.674. The smallest absolute Gasteiger partial charge is 0.407 e. The topological polar surface area (TPSA) is 105 Å². The highest BCUT2D eigenvalue weighted by atomic mass is 16.5. The second-order valence-electron chi connectivity index (χ2n) is 7.91. The number of carboxylic acids is 1. The van der Waals surface area contributed by atoms with Crippen LogP contribution < -0.4 is 10.6 Å². The van der Waals surface area contributed by atoms with Gasteiger partial charge in [0.1, 0.15) is 12.6 Å². The molecule has 7 nitrogen and oxygen atoms in total. The van der Waals surface area contributed by atoms with Crippen molar-refractivity contribution in [2.75, 3.05) is 6.61 Å². The van der Waals surface area contributed by atoms with Crippen molar-refractivity contribution in [1.29, 1.82) is 0 Å². The number of hydrogen-bond donors (Lipinski definition) is 3. The van der Waals surface area contributed by atoms with Crippen molar-refractivity contribution < 1.29 is 24.2 Å². The van der Waals surface area contributed by atoms with Crippen molar-refractivity contribution in [1.82, 2.24) is 10.6 Å². The molecule has 0 spiro atoms. The van der Waals surface area contributed by atoms with Gasteiger partial charge in [0.15, 0.2) is 0 Å². The number of benzene rings is 3. The van der Waals surface area contributed by atoms with Crippen LogP contribution >= 0.6 is 0 Å². The first-order valence-corrected chi connectivity index (χ1v) is 10.7. The molecular weight excluding hydrogens is 420 g/mol. The summed E-state index contributed by atoms with van der Waals surface area (Å²) >= 11 is 0. The van der Waals surface area contributed by atoms with Crippen LogP contribution in [0.15, 0.2) is 72.8 Å². The SMILES string of the molecule is C[C@@H](NC(=O)OCC1c2ccccc2-c2ccccc21)C(=O)NCc1cccc(C(=O)O)c1. The molecule has 0 unspecified atom stereocenters. The molecule has 1 aliphatic rings. The fourth-order valence-electron chi connectivity index (χ4n) is 4.04. The molecule has 168 valence electrons. The number of carboxylic acid groups (broad SMARTS) is 1. The molecule has 0 radical (unpaired) electrons. The number of ether oxygens (including phenoxy) is 1. The number of aromatic carboxylic acids is 1. The first-order chi connectivity index (χ1) is 15.9. The molecule has 0 bridgehead atoms. The van der Waals surface area contributed by atoms with Gasteiger partial charge in [-0.2, -0.15) is 0 Å². The summed E-state index contributed by atoms with van der Waals surface area (Å²) < 4.78 is 5.47. The molecule has 0 saturated heterocycles. The maximum atomic E-state index is 12.4. The van der Waals surface area contributed by atoms with Crippen molar-refractivity contribution in [2.24, 2.45) is 0 Å². The Morgan fingerprint density at radius 2 is 1.58 bits per heavy atom. The van der Waals surface area contributed by atoms with E-state index >= 15 is 0 Å². The average molecular weight is 444 g/mol. The Bertz CT molecular complexity index is 1160. The van der Waals surface area contributed by atoms with Gasteiger partial charge in [0, 0.05) is 12.5 Å². The fraction of sp³-hybridized carbons (Fsp3) is 0.192. The summed E-state index contributed by atoms with van der Waals surface area (Å²) in [5, 5.41) is 14.3. The molecular formula is C26H24N2O5. The lowest BCUT2D eigenvalue weighted by atomic mass is 9.98. The van der Waals surface area contributed by atoms with Crippen LogP contribution in [-0.4, -0.2) is 35.7 Å². The lowest BCUT2D eigenvalue weighted by molar-refractivity contribution is -0.122. The van der Waals surface area contributed by atoms with E-state index in [1.165, 1.54) is 12.1 Å². The Morgan fingerprint density at radius 3 is 2.21 bits per heavy atom. The first kappa shape index (κ1) is 22.1. The summed E-state index contributed by atoms with van der Waals surface area (Å²) in [5.74, 6) is -1.49. The van der Waals surface area contributed by atoms with E-state index < -0.39 is 24.0 Å². The molecule has 2 amide bonds. The zero-order valence-corrected chi connectivity index (χ0v) is 18.1. The summed E-state index contributed by atoms with van der Waals surface area (Å²) in [6.45, 7) is 1.87. The van der Waals surface area contributed by atoms with Crippen LogP contribution in [0.2, 0.25) is 0 Å². The molecule has 0 heterocycles. The normalized spacial score (nSPS) is 12.9. The van der Waals surface area contributed by atoms with E-state index in [1.807, 2.05) is 36.4 Å². The van der Waals surface area contributed by atoms with Crippen LogP contribution in [-0.2, 0) is 16.1 Å². The minimum Gasteiger partial charge on any atom is -0.478 e. The fourth-order valence-corrected chi connectivity index (χ4v) is 4.04. The Kier molecular flexibility index (Phi) is 6.40. The molecule has 4 rings (SSSR count). The minimum absolute atomic E-state index is 0.0613.